The highest BCUT2D eigenvalue weighted by molar-refractivity contribution is 5.91. The number of ether oxygens (including phenoxy) is 1. The Kier molecular flexibility index (Phi) is 2.08. The van der Waals surface area contributed by atoms with Gasteiger partial charge in [0.15, 0.2) is 5.78 Å². The number of hydrogen-bond donors (Lipinski definition) is 0. The average Bonchev–Trinajstić information content (AvgIpc) is 2.25. The first-order valence-electron chi connectivity index (χ1n) is 3.83. The first-order valence-corrected chi connectivity index (χ1v) is 3.83. The van der Waals surface area contributed by atoms with E-state index in [1.165, 1.54) is 12.0 Å². The summed E-state index contributed by atoms with van der Waals surface area (Å²) in [7, 11) is 1.32. The fraction of sp³-hybridized carbons (Fsp3) is 0.750. The molecule has 0 aromatic carbocycles. The van der Waals surface area contributed by atoms with Crippen LogP contribution in [-0.4, -0.2) is 37.0 Å². The molecule has 1 amide bonds. The van der Waals surface area contributed by atoms with Crippen molar-refractivity contribution in [3.8, 4) is 0 Å². The Morgan fingerprint density at radius 3 is 2.50 bits per heavy atom. The monoisotopic (exact) mass is 171 g/mol. The van der Waals surface area contributed by atoms with Crippen LogP contribution in [-0.2, 0) is 9.53 Å². The Labute approximate surface area is 71.5 Å². The zero-order chi connectivity index (χ0) is 9.35. The molecule has 1 rings (SSSR count). The van der Waals surface area contributed by atoms with Gasteiger partial charge in [0.25, 0.3) is 0 Å². The number of rotatable bonds is 0. The molecule has 1 saturated heterocycles. The minimum Gasteiger partial charge on any atom is -0.453 e. The van der Waals surface area contributed by atoms with Crippen LogP contribution in [0.1, 0.15) is 13.8 Å². The number of carbonyl (C=O) groups is 2. The van der Waals surface area contributed by atoms with Crippen molar-refractivity contribution in [2.45, 2.75) is 13.8 Å². The Bertz CT molecular complexity index is 222. The van der Waals surface area contributed by atoms with E-state index in [-0.39, 0.29) is 12.3 Å². The van der Waals surface area contributed by atoms with E-state index in [9.17, 15) is 9.59 Å². The lowest BCUT2D eigenvalue weighted by Gasteiger charge is -2.16. The maximum Gasteiger partial charge on any atom is 0.409 e. The molecule has 4 heteroatoms. The summed E-state index contributed by atoms with van der Waals surface area (Å²) in [4.78, 5) is 23.7. The second-order valence-corrected chi connectivity index (χ2v) is 3.63. The number of hydrogen-bond acceptors (Lipinski definition) is 3. The normalized spacial score (nSPS) is 21.2. The predicted molar refractivity (Wildman–Crippen MR) is 42.8 cm³/mol. The highest BCUT2D eigenvalue weighted by Gasteiger charge is 2.40. The molecule has 0 aliphatic carbocycles. The summed E-state index contributed by atoms with van der Waals surface area (Å²) in [5.41, 5.74) is -0.409. The number of likely N-dealkylation sites (tertiary alicyclic amines) is 1. The van der Waals surface area contributed by atoms with Crippen molar-refractivity contribution in [3.05, 3.63) is 0 Å². The highest BCUT2D eigenvalue weighted by atomic mass is 16.5. The van der Waals surface area contributed by atoms with Crippen LogP contribution < -0.4 is 0 Å². The lowest BCUT2D eigenvalue weighted by molar-refractivity contribution is -0.123. The molecule has 1 aliphatic rings. The second kappa shape index (κ2) is 2.77. The maximum absolute atomic E-state index is 11.3. The first-order chi connectivity index (χ1) is 5.47. The van der Waals surface area contributed by atoms with Crippen molar-refractivity contribution in [3.63, 3.8) is 0 Å². The molecule has 0 spiro atoms. The van der Waals surface area contributed by atoms with E-state index < -0.39 is 11.5 Å². The number of ketones is 1. The summed E-state index contributed by atoms with van der Waals surface area (Å²) in [6.07, 6.45) is -0.422. The minimum absolute atomic E-state index is 0.0906. The van der Waals surface area contributed by atoms with Gasteiger partial charge in [0, 0.05) is 12.0 Å². The molecule has 0 bridgehead atoms. The van der Waals surface area contributed by atoms with Crippen molar-refractivity contribution in [2.75, 3.05) is 20.2 Å². The largest absolute Gasteiger partial charge is 0.453 e. The van der Waals surface area contributed by atoms with E-state index in [0.717, 1.165) is 0 Å². The van der Waals surface area contributed by atoms with Crippen LogP contribution in [0.2, 0.25) is 0 Å². The third-order valence-electron chi connectivity index (χ3n) is 2.11. The van der Waals surface area contributed by atoms with E-state index in [1.54, 1.807) is 0 Å². The molecule has 12 heavy (non-hydrogen) atoms. The van der Waals surface area contributed by atoms with Gasteiger partial charge in [-0.3, -0.25) is 9.69 Å². The molecule has 1 aliphatic heterocycles. The van der Waals surface area contributed by atoms with Crippen LogP contribution in [0.5, 0.6) is 0 Å². The fourth-order valence-corrected chi connectivity index (χ4v) is 1.27. The third-order valence-corrected chi connectivity index (χ3v) is 2.11. The number of Topliss-reactive ketones (excluding diaryl/α,β-unsaturated/α-hetero) is 1. The highest BCUT2D eigenvalue weighted by Crippen LogP contribution is 2.25. The van der Waals surface area contributed by atoms with Gasteiger partial charge in [-0.25, -0.2) is 4.79 Å². The van der Waals surface area contributed by atoms with E-state index in [1.807, 2.05) is 13.8 Å². The number of methoxy groups -OCH3 is 1. The average molecular weight is 171 g/mol. The molecule has 0 radical (unpaired) electrons. The van der Waals surface area contributed by atoms with Crippen LogP contribution in [0.3, 0.4) is 0 Å². The zero-order valence-electron chi connectivity index (χ0n) is 7.59. The van der Waals surface area contributed by atoms with Gasteiger partial charge in [0.1, 0.15) is 0 Å². The van der Waals surface area contributed by atoms with Gasteiger partial charge in [-0.1, -0.05) is 13.8 Å². The summed E-state index contributed by atoms with van der Waals surface area (Å²) in [5, 5.41) is 0. The Morgan fingerprint density at radius 2 is 2.17 bits per heavy atom. The standard InChI is InChI=1S/C8H13NO3/c1-8(2)5-9(4-6(8)10)7(11)12-3/h4-5H2,1-3H3. The van der Waals surface area contributed by atoms with Crippen LogP contribution >= 0.6 is 0 Å². The molecule has 68 valence electrons. The van der Waals surface area contributed by atoms with Gasteiger partial charge in [-0.2, -0.15) is 0 Å². The summed E-state index contributed by atoms with van der Waals surface area (Å²) in [5.74, 6) is 0.0906. The van der Waals surface area contributed by atoms with E-state index in [0.29, 0.717) is 6.54 Å². The van der Waals surface area contributed by atoms with Gasteiger partial charge in [-0.15, -0.1) is 0 Å². The molecule has 1 heterocycles. The first kappa shape index (κ1) is 9.03. The van der Waals surface area contributed by atoms with Crippen molar-refractivity contribution in [1.82, 2.24) is 4.90 Å². The van der Waals surface area contributed by atoms with Gasteiger partial charge in [-0.05, 0) is 0 Å². The number of amides is 1. The fourth-order valence-electron chi connectivity index (χ4n) is 1.27. The maximum atomic E-state index is 11.3. The van der Waals surface area contributed by atoms with Crippen molar-refractivity contribution >= 4 is 11.9 Å². The van der Waals surface area contributed by atoms with Crippen LogP contribution in [0.4, 0.5) is 4.79 Å². The molecule has 0 aromatic rings. The van der Waals surface area contributed by atoms with E-state index in [4.69, 9.17) is 0 Å². The van der Waals surface area contributed by atoms with Gasteiger partial charge in [0.05, 0.1) is 13.7 Å². The van der Waals surface area contributed by atoms with Crippen molar-refractivity contribution < 1.29 is 14.3 Å². The van der Waals surface area contributed by atoms with Crippen LogP contribution in [0, 0.1) is 5.41 Å². The molecule has 0 N–H and O–H groups in total. The Balaban J connectivity index is 2.67. The molecular weight excluding hydrogens is 158 g/mol. The molecule has 0 atom stereocenters. The zero-order valence-corrected chi connectivity index (χ0v) is 7.59. The number of carbonyl (C=O) groups excluding carboxylic acids is 2. The molecule has 4 nitrogen and oxygen atoms in total. The van der Waals surface area contributed by atoms with Gasteiger partial charge >= 0.3 is 6.09 Å². The van der Waals surface area contributed by atoms with Crippen LogP contribution in [0.15, 0.2) is 0 Å². The smallest absolute Gasteiger partial charge is 0.409 e. The Hall–Kier alpha value is -1.06. The molecule has 0 unspecified atom stereocenters. The summed E-state index contributed by atoms with van der Waals surface area (Å²) in [6.45, 7) is 4.30. The quantitative estimate of drug-likeness (QED) is 0.538. The predicted octanol–water partition coefficient (Wildman–Crippen LogP) is 0.664. The van der Waals surface area contributed by atoms with Crippen LogP contribution in [0.25, 0.3) is 0 Å². The topological polar surface area (TPSA) is 46.6 Å². The third kappa shape index (κ3) is 1.42. The lowest BCUT2D eigenvalue weighted by atomic mass is 9.92. The minimum atomic E-state index is -0.422. The lowest BCUT2D eigenvalue weighted by Crippen LogP contribution is -2.29. The molecule has 0 saturated carbocycles. The molecular formula is C8H13NO3. The van der Waals surface area contributed by atoms with Gasteiger partial charge in [0.2, 0.25) is 0 Å². The van der Waals surface area contributed by atoms with E-state index in [2.05, 4.69) is 4.74 Å². The Morgan fingerprint density at radius 1 is 1.58 bits per heavy atom. The number of nitrogens with zero attached hydrogens (tertiary/aromatic N) is 1. The summed E-state index contributed by atoms with van der Waals surface area (Å²) in [6, 6.07) is 0. The molecule has 0 aromatic heterocycles. The van der Waals surface area contributed by atoms with Crippen molar-refractivity contribution in [1.29, 1.82) is 0 Å². The molecule has 1 fully saturated rings. The van der Waals surface area contributed by atoms with Gasteiger partial charge < -0.3 is 4.74 Å². The second-order valence-electron chi connectivity index (χ2n) is 3.63. The summed E-state index contributed by atoms with van der Waals surface area (Å²) >= 11 is 0. The van der Waals surface area contributed by atoms with Crippen molar-refractivity contribution in [2.24, 2.45) is 5.41 Å². The van der Waals surface area contributed by atoms with E-state index >= 15 is 0 Å². The SMILES string of the molecule is COC(=O)N1CC(=O)C(C)(C)C1. The summed E-state index contributed by atoms with van der Waals surface area (Å²) < 4.78 is 4.51.